The maximum atomic E-state index is 13.7. The third kappa shape index (κ3) is 3.69. The van der Waals surface area contributed by atoms with E-state index in [0.717, 1.165) is 0 Å². The van der Waals surface area contributed by atoms with Crippen molar-refractivity contribution >= 4 is 11.8 Å². The van der Waals surface area contributed by atoms with Crippen molar-refractivity contribution < 1.29 is 18.7 Å². The van der Waals surface area contributed by atoms with Crippen molar-refractivity contribution in [2.45, 2.75) is 18.3 Å². The third-order valence-corrected chi connectivity index (χ3v) is 4.48. The van der Waals surface area contributed by atoms with Crippen molar-refractivity contribution in [3.05, 3.63) is 71.5 Å². The van der Waals surface area contributed by atoms with Crippen LogP contribution in [0.25, 0.3) is 0 Å². The molecule has 5 nitrogen and oxygen atoms in total. The highest BCUT2D eigenvalue weighted by molar-refractivity contribution is 5.96. The molecule has 2 N–H and O–H groups in total. The molecule has 3 rings (SSSR count). The second-order valence-electron chi connectivity index (χ2n) is 5.98. The Hall–Kier alpha value is -2.73. The Balaban J connectivity index is 1.77. The molecule has 25 heavy (non-hydrogen) atoms. The molecule has 1 aliphatic rings. The molecule has 0 aromatic heterocycles. The van der Waals surface area contributed by atoms with E-state index in [4.69, 9.17) is 4.74 Å². The third-order valence-electron chi connectivity index (χ3n) is 4.48. The summed E-state index contributed by atoms with van der Waals surface area (Å²) in [6.45, 7) is 0.799. The number of hydrogen-bond donors (Lipinski definition) is 2. The Kier molecular flexibility index (Phi) is 5.09. The van der Waals surface area contributed by atoms with Gasteiger partial charge in [0.25, 0.3) is 5.91 Å². The number of halogens is 1. The van der Waals surface area contributed by atoms with Gasteiger partial charge in [0.1, 0.15) is 5.82 Å². The average Bonchev–Trinajstić information content (AvgIpc) is 2.67. The van der Waals surface area contributed by atoms with Crippen LogP contribution in [0.1, 0.15) is 28.8 Å². The van der Waals surface area contributed by atoms with Gasteiger partial charge in [-0.15, -0.1) is 0 Å². The minimum Gasteiger partial charge on any atom is -0.381 e. The summed E-state index contributed by atoms with van der Waals surface area (Å²) < 4.78 is 19.0. The van der Waals surface area contributed by atoms with Gasteiger partial charge in [-0.2, -0.15) is 0 Å². The number of ether oxygens (including phenoxy) is 1. The van der Waals surface area contributed by atoms with Crippen molar-refractivity contribution in [3.63, 3.8) is 0 Å². The van der Waals surface area contributed by atoms with Crippen molar-refractivity contribution in [2.75, 3.05) is 13.2 Å². The monoisotopic (exact) mass is 342 g/mol. The second-order valence-corrected chi connectivity index (χ2v) is 5.98. The van der Waals surface area contributed by atoms with Gasteiger partial charge in [0, 0.05) is 18.8 Å². The highest BCUT2D eigenvalue weighted by Crippen LogP contribution is 2.35. The molecule has 0 aliphatic carbocycles. The highest BCUT2D eigenvalue weighted by Gasteiger charge is 2.42. The SMILES string of the molecule is O=C(NNC(=O)C1(c2cccc(F)c2)CCOCC1)c1ccccc1. The summed E-state index contributed by atoms with van der Waals surface area (Å²) in [6.07, 6.45) is 0.840. The average molecular weight is 342 g/mol. The van der Waals surface area contributed by atoms with Gasteiger partial charge >= 0.3 is 0 Å². The van der Waals surface area contributed by atoms with Gasteiger partial charge in [0.2, 0.25) is 5.91 Å². The fraction of sp³-hybridized carbons (Fsp3) is 0.263. The van der Waals surface area contributed by atoms with E-state index >= 15 is 0 Å². The minimum absolute atomic E-state index is 0.370. The first-order valence-corrected chi connectivity index (χ1v) is 8.11. The Morgan fingerprint density at radius 2 is 1.68 bits per heavy atom. The Morgan fingerprint density at radius 3 is 2.36 bits per heavy atom. The largest absolute Gasteiger partial charge is 0.381 e. The summed E-state index contributed by atoms with van der Waals surface area (Å²) in [7, 11) is 0. The number of hydrazine groups is 1. The van der Waals surface area contributed by atoms with Gasteiger partial charge < -0.3 is 4.74 Å². The van der Waals surface area contributed by atoms with Crippen LogP contribution in [0.4, 0.5) is 4.39 Å². The predicted octanol–water partition coefficient (Wildman–Crippen LogP) is 2.34. The highest BCUT2D eigenvalue weighted by atomic mass is 19.1. The molecule has 2 aromatic rings. The van der Waals surface area contributed by atoms with Crippen LogP contribution < -0.4 is 10.9 Å². The van der Waals surface area contributed by atoms with Gasteiger partial charge in [-0.05, 0) is 42.7 Å². The lowest BCUT2D eigenvalue weighted by atomic mass is 9.73. The molecule has 2 aromatic carbocycles. The van der Waals surface area contributed by atoms with E-state index in [9.17, 15) is 14.0 Å². The number of rotatable bonds is 3. The van der Waals surface area contributed by atoms with Gasteiger partial charge in [0.15, 0.2) is 0 Å². The molecule has 0 unspecified atom stereocenters. The van der Waals surface area contributed by atoms with Crippen molar-refractivity contribution in [1.82, 2.24) is 10.9 Å². The zero-order valence-corrected chi connectivity index (χ0v) is 13.6. The first-order chi connectivity index (χ1) is 12.1. The smallest absolute Gasteiger partial charge is 0.269 e. The van der Waals surface area contributed by atoms with Crippen LogP contribution in [0.15, 0.2) is 54.6 Å². The molecule has 1 fully saturated rings. The van der Waals surface area contributed by atoms with Crippen LogP contribution in [0.3, 0.4) is 0 Å². The van der Waals surface area contributed by atoms with Crippen LogP contribution in [0.5, 0.6) is 0 Å². The summed E-state index contributed by atoms with van der Waals surface area (Å²) in [5.41, 5.74) is 5.02. The van der Waals surface area contributed by atoms with Crippen LogP contribution in [0, 0.1) is 5.82 Å². The van der Waals surface area contributed by atoms with Crippen LogP contribution in [0.2, 0.25) is 0 Å². The minimum atomic E-state index is -0.926. The lowest BCUT2D eigenvalue weighted by molar-refractivity contribution is -0.131. The first kappa shape index (κ1) is 17.1. The van der Waals surface area contributed by atoms with E-state index in [1.165, 1.54) is 12.1 Å². The topological polar surface area (TPSA) is 67.4 Å². The van der Waals surface area contributed by atoms with E-state index < -0.39 is 17.1 Å². The summed E-state index contributed by atoms with van der Waals surface area (Å²) in [6, 6.07) is 14.6. The standard InChI is InChI=1S/C19H19FN2O3/c20-16-8-4-7-15(13-16)19(9-11-25-12-10-19)18(24)22-21-17(23)14-5-2-1-3-6-14/h1-8,13H,9-12H2,(H,21,23)(H,22,24). The van der Waals surface area contributed by atoms with Gasteiger partial charge in [0.05, 0.1) is 5.41 Å². The van der Waals surface area contributed by atoms with Gasteiger partial charge in [-0.3, -0.25) is 20.4 Å². The Labute approximate surface area is 145 Å². The zero-order valence-electron chi connectivity index (χ0n) is 13.6. The summed E-state index contributed by atoms with van der Waals surface area (Å²) in [4.78, 5) is 25.0. The molecule has 130 valence electrons. The van der Waals surface area contributed by atoms with Crippen LogP contribution in [-0.2, 0) is 14.9 Å². The summed E-state index contributed by atoms with van der Waals surface area (Å²) in [5.74, 6) is -1.18. The quantitative estimate of drug-likeness (QED) is 0.842. The maximum Gasteiger partial charge on any atom is 0.269 e. The molecule has 1 aliphatic heterocycles. The number of benzene rings is 2. The van der Waals surface area contributed by atoms with Crippen LogP contribution in [-0.4, -0.2) is 25.0 Å². The number of carbonyl (C=O) groups excluding carboxylic acids is 2. The normalized spacial score (nSPS) is 16.0. The maximum absolute atomic E-state index is 13.7. The molecule has 0 bridgehead atoms. The van der Waals surface area contributed by atoms with Crippen molar-refractivity contribution in [3.8, 4) is 0 Å². The van der Waals surface area contributed by atoms with Crippen molar-refractivity contribution in [2.24, 2.45) is 0 Å². The van der Waals surface area contributed by atoms with Crippen molar-refractivity contribution in [1.29, 1.82) is 0 Å². The van der Waals surface area contributed by atoms with E-state index in [0.29, 0.717) is 37.2 Å². The molecule has 0 saturated carbocycles. The molecule has 1 saturated heterocycles. The molecule has 0 spiro atoms. The number of carbonyl (C=O) groups is 2. The fourth-order valence-electron chi connectivity index (χ4n) is 3.05. The molecule has 6 heteroatoms. The molecule has 1 heterocycles. The Morgan fingerprint density at radius 1 is 0.960 bits per heavy atom. The first-order valence-electron chi connectivity index (χ1n) is 8.11. The molecular formula is C19H19FN2O3. The van der Waals surface area contributed by atoms with Crippen LogP contribution >= 0.6 is 0 Å². The number of hydrogen-bond acceptors (Lipinski definition) is 3. The number of nitrogens with one attached hydrogen (secondary N) is 2. The van der Waals surface area contributed by atoms with Gasteiger partial charge in [-0.1, -0.05) is 30.3 Å². The lowest BCUT2D eigenvalue weighted by Crippen LogP contribution is -2.53. The molecule has 0 radical (unpaired) electrons. The number of amides is 2. The lowest BCUT2D eigenvalue weighted by Gasteiger charge is -2.36. The zero-order chi connectivity index (χ0) is 17.7. The Bertz CT molecular complexity index is 758. The second kappa shape index (κ2) is 7.44. The van der Waals surface area contributed by atoms with E-state index in [2.05, 4.69) is 10.9 Å². The molecule has 0 atom stereocenters. The molecular weight excluding hydrogens is 323 g/mol. The fourth-order valence-corrected chi connectivity index (χ4v) is 3.05. The predicted molar refractivity (Wildman–Crippen MR) is 90.2 cm³/mol. The molecule has 2 amide bonds. The van der Waals surface area contributed by atoms with E-state index in [1.54, 1.807) is 42.5 Å². The van der Waals surface area contributed by atoms with Gasteiger partial charge in [-0.25, -0.2) is 4.39 Å². The summed E-state index contributed by atoms with van der Waals surface area (Å²) in [5, 5.41) is 0. The summed E-state index contributed by atoms with van der Waals surface area (Å²) >= 11 is 0. The van der Waals surface area contributed by atoms with E-state index in [1.807, 2.05) is 0 Å². The van der Waals surface area contributed by atoms with E-state index in [-0.39, 0.29) is 5.91 Å².